The molecule has 4 nitrogen and oxygen atoms in total. The molecule has 2 rings (SSSR count). The maximum Gasteiger partial charge on any atom is 0.266 e. The van der Waals surface area contributed by atoms with Gasteiger partial charge in [-0.3, -0.25) is 10.1 Å². The van der Waals surface area contributed by atoms with Crippen molar-refractivity contribution in [2.75, 3.05) is 5.32 Å². The van der Waals surface area contributed by atoms with Crippen molar-refractivity contribution in [3.8, 4) is 5.75 Å². The summed E-state index contributed by atoms with van der Waals surface area (Å²) in [6.07, 6.45) is -0.653. The van der Waals surface area contributed by atoms with E-state index in [9.17, 15) is 4.79 Å². The average molecular weight is 468 g/mol. The lowest BCUT2D eigenvalue weighted by molar-refractivity contribution is -0.125. The molecule has 1 amide bonds. The summed E-state index contributed by atoms with van der Waals surface area (Å²) < 4.78 is 6.75. The highest BCUT2D eigenvalue weighted by Gasteiger charge is 2.16. The third-order valence-corrected chi connectivity index (χ3v) is 4.57. The minimum atomic E-state index is -0.653. The number of ether oxygens (including phenoxy) is 1. The molecule has 0 bridgehead atoms. The quantitative estimate of drug-likeness (QED) is 0.513. The van der Waals surface area contributed by atoms with Crippen molar-refractivity contribution >= 4 is 51.5 Å². The van der Waals surface area contributed by atoms with Gasteiger partial charge in [-0.05, 0) is 97.9 Å². The van der Waals surface area contributed by atoms with Crippen molar-refractivity contribution in [3.63, 3.8) is 0 Å². The molecule has 0 spiro atoms. The van der Waals surface area contributed by atoms with Gasteiger partial charge in [0.15, 0.2) is 11.2 Å². The highest BCUT2D eigenvalue weighted by Crippen LogP contribution is 2.21. The van der Waals surface area contributed by atoms with E-state index in [4.69, 9.17) is 17.0 Å². The maximum atomic E-state index is 12.3. The molecule has 0 aromatic heterocycles. The standard InChI is InChI=1S/C19H21IN2O2S/c1-11-9-12(2)17(13(3)10-11)21-19(25)22-18(23)14(4)24-16-7-5-15(20)6-8-16/h5-10,14H,1-4H3,(H2,21,22,23,25)/t14-/m0/s1. The monoisotopic (exact) mass is 468 g/mol. The van der Waals surface area contributed by atoms with Crippen LogP contribution in [0.1, 0.15) is 23.6 Å². The van der Waals surface area contributed by atoms with Gasteiger partial charge in [-0.15, -0.1) is 0 Å². The Morgan fingerprint density at radius 2 is 1.68 bits per heavy atom. The minimum Gasteiger partial charge on any atom is -0.481 e. The first kappa shape index (κ1) is 19.7. The van der Waals surface area contributed by atoms with E-state index >= 15 is 0 Å². The smallest absolute Gasteiger partial charge is 0.266 e. The van der Waals surface area contributed by atoms with Crippen LogP contribution in [0, 0.1) is 24.3 Å². The van der Waals surface area contributed by atoms with E-state index in [1.807, 2.05) is 45.0 Å². The second kappa shape index (κ2) is 8.62. The molecule has 25 heavy (non-hydrogen) atoms. The summed E-state index contributed by atoms with van der Waals surface area (Å²) in [6.45, 7) is 7.76. The number of rotatable bonds is 4. The van der Waals surface area contributed by atoms with Crippen LogP contribution in [0.2, 0.25) is 0 Å². The molecule has 0 saturated carbocycles. The number of amides is 1. The van der Waals surface area contributed by atoms with E-state index in [0.29, 0.717) is 5.75 Å². The maximum absolute atomic E-state index is 12.3. The van der Waals surface area contributed by atoms with Gasteiger partial charge in [-0.25, -0.2) is 0 Å². The summed E-state index contributed by atoms with van der Waals surface area (Å²) in [7, 11) is 0. The van der Waals surface area contributed by atoms with Crippen LogP contribution in [-0.4, -0.2) is 17.1 Å². The minimum absolute atomic E-state index is 0.262. The fraction of sp³-hybridized carbons (Fsp3) is 0.263. The molecular weight excluding hydrogens is 447 g/mol. The number of benzene rings is 2. The Labute approximate surface area is 167 Å². The number of thiocarbonyl (C=S) groups is 1. The van der Waals surface area contributed by atoms with Crippen LogP contribution in [-0.2, 0) is 4.79 Å². The summed E-state index contributed by atoms with van der Waals surface area (Å²) >= 11 is 7.48. The first-order valence-corrected chi connectivity index (χ1v) is 9.37. The lowest BCUT2D eigenvalue weighted by Crippen LogP contribution is -2.42. The summed E-state index contributed by atoms with van der Waals surface area (Å²) in [4.78, 5) is 12.3. The molecule has 0 radical (unpaired) electrons. The second-order valence-electron chi connectivity index (χ2n) is 5.93. The largest absolute Gasteiger partial charge is 0.481 e. The van der Waals surface area contributed by atoms with E-state index in [2.05, 4.69) is 45.4 Å². The predicted molar refractivity (Wildman–Crippen MR) is 114 cm³/mol. The van der Waals surface area contributed by atoms with Gasteiger partial charge in [0.25, 0.3) is 5.91 Å². The molecule has 0 unspecified atom stereocenters. The van der Waals surface area contributed by atoms with E-state index in [1.54, 1.807) is 6.92 Å². The molecule has 0 fully saturated rings. The van der Waals surface area contributed by atoms with Crippen molar-refractivity contribution in [2.24, 2.45) is 0 Å². The lowest BCUT2D eigenvalue weighted by Gasteiger charge is -2.18. The molecular formula is C19H21IN2O2S. The Hall–Kier alpha value is -1.67. The Balaban J connectivity index is 1.95. The Morgan fingerprint density at radius 3 is 2.24 bits per heavy atom. The van der Waals surface area contributed by atoms with E-state index < -0.39 is 6.10 Å². The Morgan fingerprint density at radius 1 is 1.12 bits per heavy atom. The molecule has 0 aliphatic heterocycles. The fourth-order valence-electron chi connectivity index (χ4n) is 2.51. The zero-order chi connectivity index (χ0) is 18.6. The van der Waals surface area contributed by atoms with Crippen molar-refractivity contribution in [3.05, 3.63) is 56.7 Å². The van der Waals surface area contributed by atoms with Crippen LogP contribution >= 0.6 is 34.8 Å². The van der Waals surface area contributed by atoms with Gasteiger partial charge in [-0.1, -0.05) is 17.7 Å². The molecule has 132 valence electrons. The Kier molecular flexibility index (Phi) is 6.78. The number of carbonyl (C=O) groups is 1. The molecule has 2 aromatic rings. The number of aryl methyl sites for hydroxylation is 3. The van der Waals surface area contributed by atoms with Gasteiger partial charge in [0, 0.05) is 9.26 Å². The van der Waals surface area contributed by atoms with Gasteiger partial charge >= 0.3 is 0 Å². The number of hydrogen-bond donors (Lipinski definition) is 2. The highest BCUT2D eigenvalue weighted by molar-refractivity contribution is 14.1. The van der Waals surface area contributed by atoms with Crippen LogP contribution < -0.4 is 15.4 Å². The van der Waals surface area contributed by atoms with E-state index in [-0.39, 0.29) is 11.0 Å². The van der Waals surface area contributed by atoms with Gasteiger partial charge < -0.3 is 10.1 Å². The van der Waals surface area contributed by atoms with Crippen LogP contribution in [0.4, 0.5) is 5.69 Å². The van der Waals surface area contributed by atoms with Gasteiger partial charge in [0.2, 0.25) is 0 Å². The van der Waals surface area contributed by atoms with Crippen LogP contribution in [0.5, 0.6) is 5.75 Å². The average Bonchev–Trinajstić information content (AvgIpc) is 2.53. The molecule has 1 atom stereocenters. The molecule has 0 aliphatic carbocycles. The van der Waals surface area contributed by atoms with Gasteiger partial charge in [-0.2, -0.15) is 0 Å². The number of hydrogen-bond acceptors (Lipinski definition) is 3. The predicted octanol–water partition coefficient (Wildman–Crippen LogP) is 4.50. The van der Waals surface area contributed by atoms with E-state index in [0.717, 1.165) is 20.4 Å². The van der Waals surface area contributed by atoms with Crippen molar-refractivity contribution in [2.45, 2.75) is 33.8 Å². The number of nitrogens with one attached hydrogen (secondary N) is 2. The lowest BCUT2D eigenvalue weighted by atomic mass is 10.1. The number of anilines is 1. The van der Waals surface area contributed by atoms with Crippen LogP contribution in [0.25, 0.3) is 0 Å². The molecule has 2 aromatic carbocycles. The SMILES string of the molecule is Cc1cc(C)c(NC(=S)NC(=O)[C@H](C)Oc2ccc(I)cc2)c(C)c1. The van der Waals surface area contributed by atoms with Crippen LogP contribution in [0.3, 0.4) is 0 Å². The second-order valence-corrected chi connectivity index (χ2v) is 7.58. The third-order valence-electron chi connectivity index (χ3n) is 3.65. The summed E-state index contributed by atoms with van der Waals surface area (Å²) in [5.41, 5.74) is 4.27. The van der Waals surface area contributed by atoms with Crippen molar-refractivity contribution in [1.82, 2.24) is 5.32 Å². The topological polar surface area (TPSA) is 50.4 Å². The summed E-state index contributed by atoms with van der Waals surface area (Å²) in [5.74, 6) is 0.352. The first-order chi connectivity index (χ1) is 11.8. The number of halogens is 1. The molecule has 0 heterocycles. The summed E-state index contributed by atoms with van der Waals surface area (Å²) in [6, 6.07) is 11.7. The van der Waals surface area contributed by atoms with Crippen molar-refractivity contribution < 1.29 is 9.53 Å². The molecule has 0 aliphatic rings. The third kappa shape index (κ3) is 5.67. The zero-order valence-corrected chi connectivity index (χ0v) is 17.6. The number of carbonyl (C=O) groups excluding carboxylic acids is 1. The summed E-state index contributed by atoms with van der Waals surface area (Å²) in [5, 5.41) is 6.05. The normalized spacial score (nSPS) is 11.6. The molecule has 2 N–H and O–H groups in total. The zero-order valence-electron chi connectivity index (χ0n) is 14.6. The van der Waals surface area contributed by atoms with Crippen LogP contribution in [0.15, 0.2) is 36.4 Å². The first-order valence-electron chi connectivity index (χ1n) is 7.88. The van der Waals surface area contributed by atoms with Gasteiger partial charge in [0.05, 0.1) is 0 Å². The van der Waals surface area contributed by atoms with Gasteiger partial charge in [0.1, 0.15) is 5.75 Å². The fourth-order valence-corrected chi connectivity index (χ4v) is 3.07. The Bertz CT molecular complexity index is 768. The highest BCUT2D eigenvalue weighted by atomic mass is 127. The van der Waals surface area contributed by atoms with Crippen molar-refractivity contribution in [1.29, 1.82) is 0 Å². The molecule has 0 saturated heterocycles. The van der Waals surface area contributed by atoms with E-state index in [1.165, 1.54) is 5.56 Å². The molecule has 6 heteroatoms.